The average Bonchev–Trinajstić information content (AvgIpc) is 2.84. The number of carbonyl (C=O) groups is 2. The molecule has 1 aromatic carbocycles. The van der Waals surface area contributed by atoms with Crippen molar-refractivity contribution in [3.8, 4) is 0 Å². The summed E-state index contributed by atoms with van der Waals surface area (Å²) in [6, 6.07) is 8.23. The van der Waals surface area contributed by atoms with Gasteiger partial charge in [-0.15, -0.1) is 0 Å². The van der Waals surface area contributed by atoms with E-state index in [9.17, 15) is 9.59 Å². The van der Waals surface area contributed by atoms with Gasteiger partial charge in [-0.25, -0.2) is 4.79 Å². The van der Waals surface area contributed by atoms with Crippen molar-refractivity contribution in [3.63, 3.8) is 0 Å². The maximum atomic E-state index is 11.9. The van der Waals surface area contributed by atoms with Crippen molar-refractivity contribution in [3.05, 3.63) is 35.4 Å². The molecule has 10 nitrogen and oxygen atoms in total. The third-order valence-corrected chi connectivity index (χ3v) is 4.76. The van der Waals surface area contributed by atoms with Gasteiger partial charge in [-0.3, -0.25) is 4.79 Å². The summed E-state index contributed by atoms with van der Waals surface area (Å²) >= 11 is 0. The van der Waals surface area contributed by atoms with Gasteiger partial charge in [0.15, 0.2) is 0 Å². The maximum absolute atomic E-state index is 11.9. The first-order valence-corrected chi connectivity index (χ1v) is 12.9. The molecule has 2 N–H and O–H groups in total. The second-order valence-corrected chi connectivity index (χ2v) is 9.41. The molecule has 1 aromatic rings. The average molecular weight is 527 g/mol. The first kappa shape index (κ1) is 32.8. The van der Waals surface area contributed by atoms with Crippen LogP contribution in [0.3, 0.4) is 0 Å². The van der Waals surface area contributed by atoms with Crippen molar-refractivity contribution >= 4 is 12.0 Å². The Morgan fingerprint density at radius 2 is 1.16 bits per heavy atom. The number of rotatable bonds is 21. The van der Waals surface area contributed by atoms with E-state index in [2.05, 4.69) is 34.9 Å². The molecule has 1 rings (SSSR count). The summed E-state index contributed by atoms with van der Waals surface area (Å²) in [5, 5.41) is 5.57. The molecule has 0 atom stereocenters. The highest BCUT2D eigenvalue weighted by molar-refractivity contribution is 5.76. The molecule has 0 aliphatic rings. The maximum Gasteiger partial charge on any atom is 0.407 e. The van der Waals surface area contributed by atoms with E-state index in [-0.39, 0.29) is 18.1 Å². The van der Waals surface area contributed by atoms with Crippen LogP contribution < -0.4 is 10.6 Å². The molecule has 37 heavy (non-hydrogen) atoms. The Kier molecular flexibility index (Phi) is 18.4. The summed E-state index contributed by atoms with van der Waals surface area (Å²) in [5.41, 5.74) is 2.06. The monoisotopic (exact) mass is 526 g/mol. The molecule has 2 amide bonds. The van der Waals surface area contributed by atoms with Crippen LogP contribution in [0.25, 0.3) is 0 Å². The fourth-order valence-electron chi connectivity index (χ4n) is 2.88. The smallest absolute Gasteiger partial charge is 0.407 e. The SMILES string of the molecule is Cc1ccc(CCC(=O)NCCOCCOCCOCCOCCOCCOC(=O)NC(C)(C)C)cc1. The van der Waals surface area contributed by atoms with Gasteiger partial charge in [0.1, 0.15) is 6.61 Å². The molecular formula is C27H46N2O8. The number of nitrogens with one attached hydrogen (secondary N) is 2. The van der Waals surface area contributed by atoms with Gasteiger partial charge in [0.05, 0.1) is 66.1 Å². The van der Waals surface area contributed by atoms with Gasteiger partial charge >= 0.3 is 6.09 Å². The van der Waals surface area contributed by atoms with Crippen LogP contribution in [0.2, 0.25) is 0 Å². The van der Waals surface area contributed by atoms with E-state index in [0.29, 0.717) is 79.0 Å². The lowest BCUT2D eigenvalue weighted by Crippen LogP contribution is -2.41. The normalized spacial score (nSPS) is 11.4. The summed E-state index contributed by atoms with van der Waals surface area (Å²) in [7, 11) is 0. The molecule has 0 aliphatic heterocycles. The number of benzene rings is 1. The number of carbonyl (C=O) groups excluding carboxylic acids is 2. The molecule has 0 bridgehead atoms. The van der Waals surface area contributed by atoms with Crippen molar-refractivity contribution < 1.29 is 38.0 Å². The minimum Gasteiger partial charge on any atom is -0.447 e. The third kappa shape index (κ3) is 21.5. The van der Waals surface area contributed by atoms with Crippen molar-refractivity contribution in [1.82, 2.24) is 10.6 Å². The molecular weight excluding hydrogens is 480 g/mol. The number of ether oxygens (including phenoxy) is 6. The summed E-state index contributed by atoms with van der Waals surface area (Å²) in [6.07, 6.45) is 0.756. The van der Waals surface area contributed by atoms with Crippen molar-refractivity contribution in [2.45, 2.75) is 46.1 Å². The summed E-state index contributed by atoms with van der Waals surface area (Å²) in [6.45, 7) is 12.9. The Labute approximate surface area is 221 Å². The lowest BCUT2D eigenvalue weighted by atomic mass is 10.1. The summed E-state index contributed by atoms with van der Waals surface area (Å²) < 4.78 is 32.1. The predicted molar refractivity (Wildman–Crippen MR) is 141 cm³/mol. The van der Waals surface area contributed by atoms with Crippen LogP contribution >= 0.6 is 0 Å². The Bertz CT molecular complexity index is 722. The standard InChI is InChI=1S/C27H46N2O8/c1-23-5-7-24(8-6-23)9-10-25(30)28-11-12-32-13-14-33-15-16-34-17-18-35-19-20-36-21-22-37-26(31)29-27(2,3)4/h5-8H,9-22H2,1-4H3,(H,28,30)(H,29,31). The molecule has 0 radical (unpaired) electrons. The number of amides is 2. The van der Waals surface area contributed by atoms with Gasteiger partial charge in [0, 0.05) is 18.5 Å². The van der Waals surface area contributed by atoms with Crippen molar-refractivity contribution in [1.29, 1.82) is 0 Å². The van der Waals surface area contributed by atoms with Crippen LogP contribution in [0.1, 0.15) is 38.3 Å². The van der Waals surface area contributed by atoms with Crippen LogP contribution in [-0.2, 0) is 39.6 Å². The second-order valence-electron chi connectivity index (χ2n) is 9.41. The Balaban J connectivity index is 1.75. The molecule has 0 fully saturated rings. The molecule has 0 spiro atoms. The van der Waals surface area contributed by atoms with Crippen LogP contribution in [0.4, 0.5) is 4.79 Å². The van der Waals surface area contributed by atoms with E-state index in [4.69, 9.17) is 28.4 Å². The lowest BCUT2D eigenvalue weighted by molar-refractivity contribution is -0.121. The van der Waals surface area contributed by atoms with E-state index < -0.39 is 6.09 Å². The first-order valence-electron chi connectivity index (χ1n) is 12.9. The fourth-order valence-corrected chi connectivity index (χ4v) is 2.88. The summed E-state index contributed by atoms with van der Waals surface area (Å²) in [4.78, 5) is 23.3. The minimum absolute atomic E-state index is 0.0289. The second kappa shape index (κ2) is 20.8. The number of aryl methyl sites for hydroxylation is 2. The van der Waals surface area contributed by atoms with Gasteiger partial charge in [-0.05, 0) is 39.7 Å². The molecule has 0 unspecified atom stereocenters. The highest BCUT2D eigenvalue weighted by Crippen LogP contribution is 2.05. The highest BCUT2D eigenvalue weighted by Gasteiger charge is 2.14. The topological polar surface area (TPSA) is 114 Å². The van der Waals surface area contributed by atoms with E-state index >= 15 is 0 Å². The molecule has 0 heterocycles. The largest absolute Gasteiger partial charge is 0.447 e. The van der Waals surface area contributed by atoms with Crippen molar-refractivity contribution in [2.75, 3.05) is 79.2 Å². The van der Waals surface area contributed by atoms with E-state index in [0.717, 1.165) is 12.0 Å². The van der Waals surface area contributed by atoms with Gasteiger partial charge in [-0.1, -0.05) is 29.8 Å². The van der Waals surface area contributed by atoms with Crippen LogP contribution in [0, 0.1) is 6.92 Å². The quantitative estimate of drug-likeness (QED) is 0.235. The fraction of sp³-hybridized carbons (Fsp3) is 0.704. The Morgan fingerprint density at radius 1 is 0.703 bits per heavy atom. The first-order chi connectivity index (χ1) is 17.8. The number of hydrogen-bond donors (Lipinski definition) is 2. The molecule has 0 saturated carbocycles. The van der Waals surface area contributed by atoms with E-state index in [1.807, 2.05) is 27.7 Å². The van der Waals surface area contributed by atoms with Crippen molar-refractivity contribution in [2.24, 2.45) is 0 Å². The number of hydrogen-bond acceptors (Lipinski definition) is 8. The Morgan fingerprint density at radius 3 is 1.65 bits per heavy atom. The molecule has 0 saturated heterocycles. The molecule has 10 heteroatoms. The van der Waals surface area contributed by atoms with Crippen LogP contribution in [0.15, 0.2) is 24.3 Å². The van der Waals surface area contributed by atoms with Gasteiger partial charge < -0.3 is 39.1 Å². The molecule has 0 aliphatic carbocycles. The Hall–Kier alpha value is -2.24. The summed E-state index contributed by atoms with van der Waals surface area (Å²) in [5.74, 6) is 0.0289. The molecule has 212 valence electrons. The van der Waals surface area contributed by atoms with E-state index in [1.54, 1.807) is 0 Å². The van der Waals surface area contributed by atoms with Crippen LogP contribution in [-0.4, -0.2) is 96.8 Å². The lowest BCUT2D eigenvalue weighted by Gasteiger charge is -2.19. The zero-order valence-corrected chi connectivity index (χ0v) is 23.0. The van der Waals surface area contributed by atoms with Crippen LogP contribution in [0.5, 0.6) is 0 Å². The van der Waals surface area contributed by atoms with E-state index in [1.165, 1.54) is 5.56 Å². The zero-order valence-electron chi connectivity index (χ0n) is 23.0. The zero-order chi connectivity index (χ0) is 27.2. The third-order valence-electron chi connectivity index (χ3n) is 4.76. The number of alkyl carbamates (subject to hydrolysis) is 1. The van der Waals surface area contributed by atoms with Gasteiger partial charge in [0.25, 0.3) is 0 Å². The van der Waals surface area contributed by atoms with Gasteiger partial charge in [0.2, 0.25) is 5.91 Å². The highest BCUT2D eigenvalue weighted by atomic mass is 16.6. The molecule has 0 aromatic heterocycles. The minimum atomic E-state index is -0.452. The van der Waals surface area contributed by atoms with Gasteiger partial charge in [-0.2, -0.15) is 0 Å². The predicted octanol–water partition coefficient (Wildman–Crippen LogP) is 2.65.